The summed E-state index contributed by atoms with van der Waals surface area (Å²) in [5.41, 5.74) is 8.89. The third-order valence-corrected chi connectivity index (χ3v) is 3.64. The zero-order valence-electron chi connectivity index (χ0n) is 10.6. The summed E-state index contributed by atoms with van der Waals surface area (Å²) in [6.45, 7) is 4.85. The lowest BCUT2D eigenvalue weighted by Gasteiger charge is -2.00. The van der Waals surface area contributed by atoms with Crippen molar-refractivity contribution in [2.45, 2.75) is 25.5 Å². The smallest absolute Gasteiger partial charge is 0.276 e. The highest BCUT2D eigenvalue weighted by Gasteiger charge is 2.09. The van der Waals surface area contributed by atoms with Crippen LogP contribution in [0.15, 0.2) is 27.8 Å². The number of hydrogen-bond acceptors (Lipinski definition) is 5. The lowest BCUT2D eigenvalue weighted by Crippen LogP contribution is -1.99. The van der Waals surface area contributed by atoms with Crippen LogP contribution in [0.5, 0.6) is 0 Å². The minimum Gasteiger partial charge on any atom is -0.411 e. The molecule has 2 N–H and O–H groups in total. The molecule has 1 aromatic carbocycles. The number of aryl methyl sites for hydroxylation is 2. The summed E-state index contributed by atoms with van der Waals surface area (Å²) in [5, 5.41) is 8.70. The van der Waals surface area contributed by atoms with Crippen LogP contribution in [-0.2, 0) is 0 Å². The first kappa shape index (κ1) is 13.1. The van der Waals surface area contributed by atoms with Gasteiger partial charge in [0.1, 0.15) is 0 Å². The van der Waals surface area contributed by atoms with Crippen LogP contribution < -0.4 is 5.73 Å². The highest BCUT2D eigenvalue weighted by Crippen LogP contribution is 2.24. The van der Waals surface area contributed by atoms with Crippen LogP contribution in [0.4, 0.5) is 0 Å². The number of nitrogens with two attached hydrogens (primary N) is 1. The van der Waals surface area contributed by atoms with Crippen LogP contribution in [0.2, 0.25) is 0 Å². The van der Waals surface area contributed by atoms with Gasteiger partial charge in [0.05, 0.1) is 0 Å². The second-order valence-electron chi connectivity index (χ2n) is 4.16. The Hall–Kier alpha value is -1.33. The van der Waals surface area contributed by atoms with Crippen LogP contribution in [0.25, 0.3) is 11.5 Å². The number of hydrogen-bond donors (Lipinski definition) is 1. The molecular formula is C13H17N3OS. The first-order valence-corrected chi connectivity index (χ1v) is 6.93. The highest BCUT2D eigenvalue weighted by atomic mass is 32.2. The molecule has 0 aliphatic rings. The van der Waals surface area contributed by atoms with E-state index in [9.17, 15) is 0 Å². The number of nitrogens with zero attached hydrogens (tertiary/aromatic N) is 2. The first-order chi connectivity index (χ1) is 8.70. The fourth-order valence-corrected chi connectivity index (χ4v) is 2.22. The van der Waals surface area contributed by atoms with E-state index in [1.165, 1.54) is 11.1 Å². The van der Waals surface area contributed by atoms with Crippen molar-refractivity contribution in [3.8, 4) is 11.5 Å². The molecule has 0 bridgehead atoms. The van der Waals surface area contributed by atoms with Crippen molar-refractivity contribution < 1.29 is 4.42 Å². The van der Waals surface area contributed by atoms with E-state index in [-0.39, 0.29) is 0 Å². The summed E-state index contributed by atoms with van der Waals surface area (Å²) in [5.74, 6) is 1.48. The molecule has 0 saturated carbocycles. The maximum Gasteiger partial charge on any atom is 0.276 e. The minimum atomic E-state index is 0.577. The standard InChI is InChI=1S/C13H17N3OS/c1-9-4-5-11(8-10(9)2)12-15-16-13(17-12)18-7-3-6-14/h4-5,8H,3,6-7,14H2,1-2H3. The summed E-state index contributed by atoms with van der Waals surface area (Å²) in [6, 6.07) is 6.14. The topological polar surface area (TPSA) is 64.9 Å². The SMILES string of the molecule is Cc1ccc(-c2nnc(SCCCN)o2)cc1C. The molecule has 96 valence electrons. The summed E-state index contributed by atoms with van der Waals surface area (Å²) in [7, 11) is 0. The molecule has 5 heteroatoms. The zero-order valence-corrected chi connectivity index (χ0v) is 11.5. The van der Waals surface area contributed by atoms with Crippen LogP contribution in [0.3, 0.4) is 0 Å². The molecule has 1 heterocycles. The van der Waals surface area contributed by atoms with Gasteiger partial charge in [-0.05, 0) is 50.1 Å². The number of aromatic nitrogens is 2. The predicted molar refractivity (Wildman–Crippen MR) is 73.6 cm³/mol. The second kappa shape index (κ2) is 6.02. The highest BCUT2D eigenvalue weighted by molar-refractivity contribution is 7.99. The minimum absolute atomic E-state index is 0.577. The lowest BCUT2D eigenvalue weighted by molar-refractivity contribution is 0.466. The molecule has 1 aromatic heterocycles. The summed E-state index contributed by atoms with van der Waals surface area (Å²) < 4.78 is 5.61. The predicted octanol–water partition coefficient (Wildman–Crippen LogP) is 2.79. The van der Waals surface area contributed by atoms with Gasteiger partial charge in [-0.1, -0.05) is 17.8 Å². The molecule has 0 amide bonds. The molecule has 0 saturated heterocycles. The van der Waals surface area contributed by atoms with E-state index < -0.39 is 0 Å². The van der Waals surface area contributed by atoms with E-state index in [1.54, 1.807) is 11.8 Å². The fourth-order valence-electron chi connectivity index (χ4n) is 1.50. The van der Waals surface area contributed by atoms with Gasteiger partial charge >= 0.3 is 0 Å². The molecule has 4 nitrogen and oxygen atoms in total. The Labute approximate surface area is 111 Å². The van der Waals surface area contributed by atoms with Crippen molar-refractivity contribution in [1.29, 1.82) is 0 Å². The molecule has 18 heavy (non-hydrogen) atoms. The van der Waals surface area contributed by atoms with Gasteiger partial charge in [0.25, 0.3) is 5.22 Å². The Morgan fingerprint density at radius 1 is 1.22 bits per heavy atom. The molecule has 0 fully saturated rings. The molecule has 2 rings (SSSR count). The lowest BCUT2D eigenvalue weighted by atomic mass is 10.1. The van der Waals surface area contributed by atoms with E-state index in [0.29, 0.717) is 17.7 Å². The zero-order chi connectivity index (χ0) is 13.0. The van der Waals surface area contributed by atoms with Crippen molar-refractivity contribution >= 4 is 11.8 Å². The summed E-state index contributed by atoms with van der Waals surface area (Å²) in [6.07, 6.45) is 0.950. The molecule has 0 unspecified atom stereocenters. The van der Waals surface area contributed by atoms with Gasteiger partial charge in [-0.2, -0.15) is 0 Å². The van der Waals surface area contributed by atoms with Crippen molar-refractivity contribution in [1.82, 2.24) is 10.2 Å². The van der Waals surface area contributed by atoms with E-state index in [1.807, 2.05) is 6.07 Å². The molecule has 0 aliphatic heterocycles. The van der Waals surface area contributed by atoms with Gasteiger partial charge in [0, 0.05) is 11.3 Å². The van der Waals surface area contributed by atoms with Gasteiger partial charge in [-0.3, -0.25) is 0 Å². The Morgan fingerprint density at radius 3 is 2.78 bits per heavy atom. The van der Waals surface area contributed by atoms with Crippen molar-refractivity contribution in [3.05, 3.63) is 29.3 Å². The van der Waals surface area contributed by atoms with Gasteiger partial charge in [0.15, 0.2) is 0 Å². The number of thioether (sulfide) groups is 1. The maximum absolute atomic E-state index is 5.61. The van der Waals surface area contributed by atoms with E-state index in [2.05, 4.69) is 36.2 Å². The van der Waals surface area contributed by atoms with E-state index >= 15 is 0 Å². The summed E-state index contributed by atoms with van der Waals surface area (Å²) >= 11 is 1.55. The van der Waals surface area contributed by atoms with Gasteiger partial charge in [-0.25, -0.2) is 0 Å². The van der Waals surface area contributed by atoms with Crippen molar-refractivity contribution in [2.75, 3.05) is 12.3 Å². The number of benzene rings is 1. The fraction of sp³-hybridized carbons (Fsp3) is 0.385. The average Bonchev–Trinajstić information content (AvgIpc) is 2.82. The Balaban J connectivity index is 2.11. The molecule has 0 atom stereocenters. The second-order valence-corrected chi connectivity index (χ2v) is 5.21. The third-order valence-electron chi connectivity index (χ3n) is 2.73. The molecule has 2 aromatic rings. The summed E-state index contributed by atoms with van der Waals surface area (Å²) in [4.78, 5) is 0. The maximum atomic E-state index is 5.61. The third kappa shape index (κ3) is 3.11. The molecule has 0 spiro atoms. The monoisotopic (exact) mass is 263 g/mol. The Bertz CT molecular complexity index is 525. The van der Waals surface area contributed by atoms with Gasteiger partial charge in [-0.15, -0.1) is 10.2 Å². The quantitative estimate of drug-likeness (QED) is 0.663. The largest absolute Gasteiger partial charge is 0.411 e. The van der Waals surface area contributed by atoms with Crippen molar-refractivity contribution in [2.24, 2.45) is 5.73 Å². The average molecular weight is 263 g/mol. The molecular weight excluding hydrogens is 246 g/mol. The Kier molecular flexibility index (Phi) is 4.38. The van der Waals surface area contributed by atoms with Crippen LogP contribution in [0.1, 0.15) is 17.5 Å². The van der Waals surface area contributed by atoms with Gasteiger partial charge < -0.3 is 10.2 Å². The Morgan fingerprint density at radius 2 is 2.06 bits per heavy atom. The number of rotatable bonds is 5. The van der Waals surface area contributed by atoms with Crippen LogP contribution in [-0.4, -0.2) is 22.5 Å². The first-order valence-electron chi connectivity index (χ1n) is 5.94. The molecule has 0 radical (unpaired) electrons. The van der Waals surface area contributed by atoms with Gasteiger partial charge in [0.2, 0.25) is 5.89 Å². The van der Waals surface area contributed by atoms with Crippen LogP contribution in [0, 0.1) is 13.8 Å². The van der Waals surface area contributed by atoms with E-state index in [0.717, 1.165) is 17.7 Å². The molecule has 0 aliphatic carbocycles. The van der Waals surface area contributed by atoms with Crippen LogP contribution >= 0.6 is 11.8 Å². The van der Waals surface area contributed by atoms with Crippen molar-refractivity contribution in [3.63, 3.8) is 0 Å². The normalized spacial score (nSPS) is 10.8. The van der Waals surface area contributed by atoms with E-state index in [4.69, 9.17) is 10.2 Å².